The fraction of sp³-hybridized carbons (Fsp3) is 0.556. The molecule has 0 aromatic carbocycles. The van der Waals surface area contributed by atoms with E-state index in [4.69, 9.17) is 16.7 Å². The fourth-order valence-corrected chi connectivity index (χ4v) is 1.80. The molecule has 0 atom stereocenters. The molecule has 1 rings (SSSR count). The first-order valence-electron chi connectivity index (χ1n) is 4.61. The highest BCUT2D eigenvalue weighted by Crippen LogP contribution is 2.25. The number of hydrogen-bond acceptors (Lipinski definition) is 4. The van der Waals surface area contributed by atoms with Crippen LogP contribution in [0, 0.1) is 0 Å². The average Bonchev–Trinajstić information content (AvgIpc) is 2.18. The number of halogens is 2. The highest BCUT2D eigenvalue weighted by molar-refractivity contribution is 9.10. The van der Waals surface area contributed by atoms with E-state index < -0.39 is 0 Å². The normalized spacial score (nSPS) is 10.8. The summed E-state index contributed by atoms with van der Waals surface area (Å²) in [7, 11) is 0. The van der Waals surface area contributed by atoms with Crippen molar-refractivity contribution in [3.8, 4) is 0 Å². The van der Waals surface area contributed by atoms with Gasteiger partial charge in [0.15, 0.2) is 0 Å². The number of rotatable bonds is 4. The summed E-state index contributed by atoms with van der Waals surface area (Å²) in [5, 5.41) is 9.18. The Bertz CT molecular complexity index is 335. The van der Waals surface area contributed by atoms with Crippen molar-refractivity contribution in [2.24, 2.45) is 0 Å². The molecule has 0 saturated heterocycles. The van der Waals surface area contributed by atoms with Crippen molar-refractivity contribution in [2.45, 2.75) is 19.9 Å². The second kappa shape index (κ2) is 5.63. The van der Waals surface area contributed by atoms with Gasteiger partial charge in [-0.25, -0.2) is 4.98 Å². The van der Waals surface area contributed by atoms with Gasteiger partial charge in [0.05, 0.1) is 11.1 Å². The summed E-state index contributed by atoms with van der Waals surface area (Å²) in [5.41, 5.74) is 0. The van der Waals surface area contributed by atoms with Gasteiger partial charge in [-0.1, -0.05) is 0 Å². The highest BCUT2D eigenvalue weighted by Gasteiger charge is 2.15. The van der Waals surface area contributed by atoms with Crippen LogP contribution in [-0.4, -0.2) is 34.3 Å². The van der Waals surface area contributed by atoms with Crippen LogP contribution in [0.25, 0.3) is 0 Å². The van der Waals surface area contributed by atoms with Gasteiger partial charge in [-0.3, -0.25) is 0 Å². The summed E-state index contributed by atoms with van der Waals surface area (Å²) in [4.78, 5) is 9.95. The standard InChI is InChI=1S/C9H13BrClN3O/c1-6(2)14(3-4-15)8-7(10)5-12-9(11)13-8/h5-6,15H,3-4H2,1-2H3. The van der Waals surface area contributed by atoms with Crippen molar-refractivity contribution in [3.63, 3.8) is 0 Å². The lowest BCUT2D eigenvalue weighted by Crippen LogP contribution is -2.34. The number of hydrogen-bond donors (Lipinski definition) is 1. The topological polar surface area (TPSA) is 49.2 Å². The third kappa shape index (κ3) is 3.29. The van der Waals surface area contributed by atoms with Gasteiger partial charge in [-0.05, 0) is 41.4 Å². The van der Waals surface area contributed by atoms with Crippen LogP contribution in [0.15, 0.2) is 10.7 Å². The van der Waals surface area contributed by atoms with E-state index in [0.717, 1.165) is 4.47 Å². The molecule has 0 aliphatic carbocycles. The SMILES string of the molecule is CC(C)N(CCO)c1nc(Cl)ncc1Br. The summed E-state index contributed by atoms with van der Waals surface area (Å²) in [6, 6.07) is 0.236. The molecule has 6 heteroatoms. The monoisotopic (exact) mass is 293 g/mol. The van der Waals surface area contributed by atoms with Gasteiger partial charge in [-0.15, -0.1) is 0 Å². The van der Waals surface area contributed by atoms with Crippen LogP contribution in [0.1, 0.15) is 13.8 Å². The fourth-order valence-electron chi connectivity index (χ4n) is 1.26. The molecule has 0 aliphatic heterocycles. The van der Waals surface area contributed by atoms with Gasteiger partial charge < -0.3 is 10.0 Å². The maximum atomic E-state index is 8.97. The maximum absolute atomic E-state index is 8.97. The quantitative estimate of drug-likeness (QED) is 0.864. The van der Waals surface area contributed by atoms with Crippen molar-refractivity contribution < 1.29 is 5.11 Å². The van der Waals surface area contributed by atoms with E-state index in [-0.39, 0.29) is 17.9 Å². The molecule has 1 aromatic heterocycles. The van der Waals surface area contributed by atoms with E-state index in [1.54, 1.807) is 6.20 Å². The molecule has 15 heavy (non-hydrogen) atoms. The zero-order chi connectivity index (χ0) is 11.4. The van der Waals surface area contributed by atoms with Crippen LogP contribution >= 0.6 is 27.5 Å². The van der Waals surface area contributed by atoms with E-state index in [9.17, 15) is 0 Å². The van der Waals surface area contributed by atoms with E-state index in [2.05, 4.69) is 25.9 Å². The van der Waals surface area contributed by atoms with Crippen molar-refractivity contribution in [1.82, 2.24) is 9.97 Å². The van der Waals surface area contributed by atoms with Crippen LogP contribution < -0.4 is 4.90 Å². The third-order valence-electron chi connectivity index (χ3n) is 1.93. The second-order valence-corrected chi connectivity index (χ2v) is 4.51. The molecule has 0 bridgehead atoms. The van der Waals surface area contributed by atoms with Crippen LogP contribution in [0.2, 0.25) is 5.28 Å². The molecule has 0 radical (unpaired) electrons. The van der Waals surface area contributed by atoms with Gasteiger partial charge in [0.1, 0.15) is 5.82 Å². The Hall–Kier alpha value is -0.390. The summed E-state index contributed by atoms with van der Waals surface area (Å²) >= 11 is 9.10. The van der Waals surface area contributed by atoms with E-state index in [0.29, 0.717) is 12.4 Å². The molecule has 1 aromatic rings. The predicted octanol–water partition coefficient (Wildman–Crippen LogP) is 2.10. The minimum Gasteiger partial charge on any atom is -0.395 e. The van der Waals surface area contributed by atoms with Gasteiger partial charge in [0, 0.05) is 18.8 Å². The largest absolute Gasteiger partial charge is 0.395 e. The molecule has 0 fully saturated rings. The molecule has 4 nitrogen and oxygen atoms in total. The van der Waals surface area contributed by atoms with Crippen molar-refractivity contribution in [2.75, 3.05) is 18.1 Å². The van der Waals surface area contributed by atoms with Crippen LogP contribution in [0.5, 0.6) is 0 Å². The summed E-state index contributed by atoms with van der Waals surface area (Å²) in [6.07, 6.45) is 1.61. The predicted molar refractivity (Wildman–Crippen MR) is 64.3 cm³/mol. The number of nitrogens with zero attached hydrogens (tertiary/aromatic N) is 3. The zero-order valence-electron chi connectivity index (χ0n) is 8.61. The van der Waals surface area contributed by atoms with Crippen molar-refractivity contribution >= 4 is 33.3 Å². The molecule has 84 valence electrons. The summed E-state index contributed by atoms with van der Waals surface area (Å²) in [6.45, 7) is 4.64. The minimum atomic E-state index is 0.0756. The van der Waals surface area contributed by atoms with E-state index in [1.165, 1.54) is 0 Å². The van der Waals surface area contributed by atoms with Gasteiger partial charge in [-0.2, -0.15) is 4.98 Å². The minimum absolute atomic E-state index is 0.0756. The van der Waals surface area contributed by atoms with Crippen LogP contribution in [0.4, 0.5) is 5.82 Å². The van der Waals surface area contributed by atoms with E-state index in [1.807, 2.05) is 18.7 Å². The van der Waals surface area contributed by atoms with Crippen LogP contribution in [0.3, 0.4) is 0 Å². The lowest BCUT2D eigenvalue weighted by Gasteiger charge is -2.27. The number of anilines is 1. The van der Waals surface area contributed by atoms with Crippen molar-refractivity contribution in [1.29, 1.82) is 0 Å². The Morgan fingerprint density at radius 2 is 2.27 bits per heavy atom. The van der Waals surface area contributed by atoms with Crippen molar-refractivity contribution in [3.05, 3.63) is 16.0 Å². The Balaban J connectivity index is 3.04. The number of aliphatic hydroxyl groups is 1. The lowest BCUT2D eigenvalue weighted by atomic mass is 10.3. The number of aliphatic hydroxyl groups excluding tert-OH is 1. The Morgan fingerprint density at radius 1 is 1.60 bits per heavy atom. The molecule has 0 aliphatic rings. The maximum Gasteiger partial charge on any atom is 0.224 e. The smallest absolute Gasteiger partial charge is 0.224 e. The van der Waals surface area contributed by atoms with Gasteiger partial charge >= 0.3 is 0 Å². The molecule has 0 amide bonds. The first kappa shape index (κ1) is 12.7. The van der Waals surface area contributed by atoms with Crippen LogP contribution in [-0.2, 0) is 0 Å². The molecular formula is C9H13BrClN3O. The van der Waals surface area contributed by atoms with E-state index >= 15 is 0 Å². The lowest BCUT2D eigenvalue weighted by molar-refractivity contribution is 0.298. The molecule has 0 spiro atoms. The second-order valence-electron chi connectivity index (χ2n) is 3.32. The highest BCUT2D eigenvalue weighted by atomic mass is 79.9. The molecule has 1 heterocycles. The molecule has 0 saturated carbocycles. The molecular weight excluding hydrogens is 281 g/mol. The molecule has 1 N–H and O–H groups in total. The summed E-state index contributed by atoms with van der Waals surface area (Å²) < 4.78 is 0.772. The molecule has 0 unspecified atom stereocenters. The Kier molecular flexibility index (Phi) is 4.76. The first-order chi connectivity index (χ1) is 7.06. The zero-order valence-corrected chi connectivity index (χ0v) is 11.0. The van der Waals surface area contributed by atoms with Gasteiger partial charge in [0.25, 0.3) is 0 Å². The third-order valence-corrected chi connectivity index (χ3v) is 2.67. The van der Waals surface area contributed by atoms with Gasteiger partial charge in [0.2, 0.25) is 5.28 Å². The Morgan fingerprint density at radius 3 is 2.80 bits per heavy atom. The summed E-state index contributed by atoms with van der Waals surface area (Å²) in [5.74, 6) is 0.707. The first-order valence-corrected chi connectivity index (χ1v) is 5.79. The Labute approximate surface area is 102 Å². The average molecular weight is 295 g/mol. The number of aromatic nitrogens is 2.